The maximum atomic E-state index is 12.0. The fourth-order valence-electron chi connectivity index (χ4n) is 1.45. The van der Waals surface area contributed by atoms with Crippen molar-refractivity contribution in [2.45, 2.75) is 13.0 Å². The van der Waals surface area contributed by atoms with Crippen LogP contribution in [0.4, 0.5) is 0 Å². The number of halogens is 2. The van der Waals surface area contributed by atoms with E-state index in [1.807, 2.05) is 19.4 Å². The van der Waals surface area contributed by atoms with Crippen LogP contribution in [0.2, 0.25) is 5.02 Å². The molecule has 1 fully saturated rings. The summed E-state index contributed by atoms with van der Waals surface area (Å²) in [5, 5.41) is 5.66. The molecule has 90 valence electrons. The van der Waals surface area contributed by atoms with Gasteiger partial charge in [0.15, 0.2) is 0 Å². The lowest BCUT2D eigenvalue weighted by atomic mass is 10.1. The van der Waals surface area contributed by atoms with E-state index in [-0.39, 0.29) is 18.3 Å². The van der Waals surface area contributed by atoms with Crippen molar-refractivity contribution in [3.8, 4) is 0 Å². The van der Waals surface area contributed by atoms with Gasteiger partial charge in [0.1, 0.15) is 4.88 Å². The molecule has 0 unspecified atom stereocenters. The third kappa shape index (κ3) is 2.35. The van der Waals surface area contributed by atoms with Crippen LogP contribution in [0.15, 0.2) is 5.38 Å². The highest BCUT2D eigenvalue weighted by atomic mass is 35.5. The van der Waals surface area contributed by atoms with Crippen LogP contribution in [0, 0.1) is 6.92 Å². The van der Waals surface area contributed by atoms with E-state index in [0.717, 1.165) is 18.7 Å². The Morgan fingerprint density at radius 1 is 1.62 bits per heavy atom. The highest BCUT2D eigenvalue weighted by Crippen LogP contribution is 2.28. The van der Waals surface area contributed by atoms with Gasteiger partial charge < -0.3 is 10.2 Å². The summed E-state index contributed by atoms with van der Waals surface area (Å²) < 4.78 is 0. The molecule has 1 aliphatic rings. The van der Waals surface area contributed by atoms with Crippen LogP contribution in [-0.2, 0) is 0 Å². The van der Waals surface area contributed by atoms with Crippen molar-refractivity contribution in [3.63, 3.8) is 0 Å². The summed E-state index contributed by atoms with van der Waals surface area (Å²) in [7, 11) is 1.83. The van der Waals surface area contributed by atoms with Crippen molar-refractivity contribution < 1.29 is 4.79 Å². The van der Waals surface area contributed by atoms with Gasteiger partial charge >= 0.3 is 0 Å². The molecular weight excluding hydrogens is 267 g/mol. The first kappa shape index (κ1) is 13.8. The molecule has 1 aromatic rings. The number of rotatable bonds is 2. The molecule has 6 heteroatoms. The number of nitrogens with zero attached hydrogens (tertiary/aromatic N) is 1. The maximum Gasteiger partial charge on any atom is 0.265 e. The van der Waals surface area contributed by atoms with Crippen molar-refractivity contribution in [2.75, 3.05) is 20.1 Å². The topological polar surface area (TPSA) is 32.3 Å². The van der Waals surface area contributed by atoms with Gasteiger partial charge in [-0.1, -0.05) is 11.6 Å². The SMILES string of the molecule is Cc1csc(C(=O)N(C)C2CNC2)c1Cl.Cl. The zero-order valence-electron chi connectivity index (χ0n) is 9.12. The Morgan fingerprint density at radius 3 is 2.62 bits per heavy atom. The Kier molecular flexibility index (Phi) is 4.62. The molecule has 1 aliphatic heterocycles. The highest BCUT2D eigenvalue weighted by molar-refractivity contribution is 7.13. The zero-order valence-corrected chi connectivity index (χ0v) is 11.5. The molecule has 0 spiro atoms. The summed E-state index contributed by atoms with van der Waals surface area (Å²) in [5.41, 5.74) is 0.977. The first-order chi connectivity index (χ1) is 7.11. The Balaban J connectivity index is 0.00000128. The first-order valence-electron chi connectivity index (χ1n) is 4.82. The number of likely N-dealkylation sites (N-methyl/N-ethyl adjacent to an activating group) is 1. The molecule has 0 atom stereocenters. The minimum atomic E-state index is 0. The lowest BCUT2D eigenvalue weighted by Gasteiger charge is -2.35. The van der Waals surface area contributed by atoms with Crippen molar-refractivity contribution in [2.24, 2.45) is 0 Å². The lowest BCUT2D eigenvalue weighted by Crippen LogP contribution is -2.57. The number of carbonyl (C=O) groups is 1. The van der Waals surface area contributed by atoms with Crippen LogP contribution < -0.4 is 5.32 Å². The van der Waals surface area contributed by atoms with Gasteiger partial charge in [-0.25, -0.2) is 0 Å². The first-order valence-corrected chi connectivity index (χ1v) is 6.08. The third-order valence-electron chi connectivity index (χ3n) is 2.72. The molecule has 1 saturated heterocycles. The standard InChI is InChI=1S/C10H13ClN2OS.ClH/c1-6-5-15-9(8(6)11)10(14)13(2)7-3-12-4-7;/h5,7,12H,3-4H2,1-2H3;1H. The summed E-state index contributed by atoms with van der Waals surface area (Å²) >= 11 is 7.48. The van der Waals surface area contributed by atoms with Gasteiger partial charge in [-0.3, -0.25) is 4.79 Å². The second-order valence-corrected chi connectivity index (χ2v) is 5.05. The average molecular weight is 281 g/mol. The Bertz CT molecular complexity index is 390. The molecule has 1 amide bonds. The smallest absolute Gasteiger partial charge is 0.265 e. The Hall–Kier alpha value is -0.290. The van der Waals surface area contributed by atoms with Gasteiger partial charge in [-0.15, -0.1) is 23.7 Å². The predicted octanol–water partition coefficient (Wildman–Crippen LogP) is 2.18. The van der Waals surface area contributed by atoms with Crippen LogP contribution >= 0.6 is 35.3 Å². The fourth-order valence-corrected chi connectivity index (χ4v) is 2.70. The summed E-state index contributed by atoms with van der Waals surface area (Å²) in [6, 6.07) is 0.316. The molecule has 1 aromatic heterocycles. The van der Waals surface area contributed by atoms with Crippen LogP contribution in [0.1, 0.15) is 15.2 Å². The molecule has 1 N–H and O–H groups in total. The van der Waals surface area contributed by atoms with E-state index in [0.29, 0.717) is 15.9 Å². The molecular formula is C10H14Cl2N2OS. The number of carbonyl (C=O) groups excluding carboxylic acids is 1. The highest BCUT2D eigenvalue weighted by Gasteiger charge is 2.28. The van der Waals surface area contributed by atoms with E-state index < -0.39 is 0 Å². The normalized spacial score (nSPS) is 15.2. The average Bonchev–Trinajstić information content (AvgIpc) is 2.44. The number of thiophene rings is 1. The van der Waals surface area contributed by atoms with Crippen molar-refractivity contribution in [1.29, 1.82) is 0 Å². The minimum absolute atomic E-state index is 0. The summed E-state index contributed by atoms with van der Waals surface area (Å²) in [4.78, 5) is 14.5. The molecule has 0 radical (unpaired) electrons. The quantitative estimate of drug-likeness (QED) is 0.901. The number of amides is 1. The van der Waals surface area contributed by atoms with E-state index in [9.17, 15) is 4.79 Å². The number of aryl methyl sites for hydroxylation is 1. The third-order valence-corrected chi connectivity index (χ3v) is 4.41. The van der Waals surface area contributed by atoms with Crippen molar-refractivity contribution in [3.05, 3.63) is 20.8 Å². The molecule has 16 heavy (non-hydrogen) atoms. The maximum absolute atomic E-state index is 12.0. The van der Waals surface area contributed by atoms with E-state index in [1.165, 1.54) is 11.3 Å². The molecule has 0 aromatic carbocycles. The molecule has 0 bridgehead atoms. The van der Waals surface area contributed by atoms with E-state index in [1.54, 1.807) is 4.90 Å². The molecule has 0 aliphatic carbocycles. The minimum Gasteiger partial charge on any atom is -0.335 e. The van der Waals surface area contributed by atoms with E-state index in [2.05, 4.69) is 5.32 Å². The molecule has 2 rings (SSSR count). The van der Waals surface area contributed by atoms with Gasteiger partial charge in [-0.2, -0.15) is 0 Å². The van der Waals surface area contributed by atoms with Gasteiger partial charge in [-0.05, 0) is 17.9 Å². The molecule has 2 heterocycles. The lowest BCUT2D eigenvalue weighted by molar-refractivity contribution is 0.0686. The van der Waals surface area contributed by atoms with E-state index in [4.69, 9.17) is 11.6 Å². The van der Waals surface area contributed by atoms with Crippen LogP contribution in [0.5, 0.6) is 0 Å². The molecule has 3 nitrogen and oxygen atoms in total. The van der Waals surface area contributed by atoms with Gasteiger partial charge in [0.05, 0.1) is 11.1 Å². The van der Waals surface area contributed by atoms with Crippen molar-refractivity contribution >= 4 is 41.3 Å². The van der Waals surface area contributed by atoms with Crippen LogP contribution in [0.25, 0.3) is 0 Å². The number of nitrogens with one attached hydrogen (secondary N) is 1. The second-order valence-electron chi connectivity index (χ2n) is 3.79. The van der Waals surface area contributed by atoms with Gasteiger partial charge in [0.25, 0.3) is 5.91 Å². The van der Waals surface area contributed by atoms with Gasteiger partial charge in [0.2, 0.25) is 0 Å². The van der Waals surface area contributed by atoms with Crippen molar-refractivity contribution in [1.82, 2.24) is 10.2 Å². The Morgan fingerprint density at radius 2 is 2.25 bits per heavy atom. The summed E-state index contributed by atoms with van der Waals surface area (Å²) in [5.74, 6) is 0.0320. The predicted molar refractivity (Wildman–Crippen MR) is 70.1 cm³/mol. The monoisotopic (exact) mass is 280 g/mol. The van der Waals surface area contributed by atoms with Crippen LogP contribution in [0.3, 0.4) is 0 Å². The number of hydrogen-bond donors (Lipinski definition) is 1. The van der Waals surface area contributed by atoms with E-state index >= 15 is 0 Å². The Labute approximate surface area is 110 Å². The fraction of sp³-hybridized carbons (Fsp3) is 0.500. The largest absolute Gasteiger partial charge is 0.335 e. The summed E-state index contributed by atoms with van der Waals surface area (Å²) in [6.07, 6.45) is 0. The second kappa shape index (κ2) is 5.36. The summed E-state index contributed by atoms with van der Waals surface area (Å²) in [6.45, 7) is 3.68. The van der Waals surface area contributed by atoms with Gasteiger partial charge in [0, 0.05) is 20.1 Å². The van der Waals surface area contributed by atoms with Crippen LogP contribution in [-0.4, -0.2) is 37.0 Å². The molecule has 0 saturated carbocycles. The number of hydrogen-bond acceptors (Lipinski definition) is 3. The zero-order chi connectivity index (χ0) is 11.0.